The van der Waals surface area contributed by atoms with Gasteiger partial charge >= 0.3 is 0 Å². The third-order valence-electron chi connectivity index (χ3n) is 17.5. The number of hydrogen-bond acceptors (Lipinski definition) is 1. The molecule has 0 saturated carbocycles. The number of allylic oxidation sites excluding steroid dienone is 10. The van der Waals surface area contributed by atoms with Crippen molar-refractivity contribution in [3.63, 3.8) is 0 Å². The van der Waals surface area contributed by atoms with Crippen LogP contribution in [-0.2, 0) is 10.8 Å². The maximum Gasteiger partial charge on any atom is 0.0703 e. The molecule has 9 aromatic carbocycles. The third-order valence-corrected chi connectivity index (χ3v) is 17.5. The first kappa shape index (κ1) is 46.4. The zero-order chi connectivity index (χ0) is 52.3. The van der Waals surface area contributed by atoms with E-state index in [1.807, 2.05) is 12.1 Å². The molecule has 2 nitrogen and oxygen atoms in total. The molecule has 2 heteroatoms. The smallest absolute Gasteiger partial charge is 0.0703 e. The molecule has 0 amide bonds. The van der Waals surface area contributed by atoms with Gasteiger partial charge in [0.05, 0.1) is 16.7 Å². The number of hydrogen-bond donors (Lipinski definition) is 1. The van der Waals surface area contributed by atoms with Gasteiger partial charge in [-0.15, -0.1) is 0 Å². The zero-order valence-electron chi connectivity index (χ0n) is 44.1. The Morgan fingerprint density at radius 3 is 1.75 bits per heavy atom. The molecule has 1 aromatic heterocycles. The summed E-state index contributed by atoms with van der Waals surface area (Å²) < 4.78 is 2.42. The lowest BCUT2D eigenvalue weighted by molar-refractivity contribution is 0.660. The fourth-order valence-corrected chi connectivity index (χ4v) is 13.4. The van der Waals surface area contributed by atoms with E-state index in [2.05, 4.69) is 264 Å². The summed E-state index contributed by atoms with van der Waals surface area (Å²) >= 11 is 0. The van der Waals surface area contributed by atoms with E-state index in [9.17, 15) is 0 Å². The summed E-state index contributed by atoms with van der Waals surface area (Å²) in [6.07, 6.45) is 14.5. The van der Waals surface area contributed by atoms with Gasteiger partial charge in [-0.05, 0) is 161 Å². The summed E-state index contributed by atoms with van der Waals surface area (Å²) in [6, 6.07) is 70.9. The first-order chi connectivity index (χ1) is 37.5. The maximum absolute atomic E-state index is 9.08. The van der Waals surface area contributed by atoms with Gasteiger partial charge < -0.3 is 4.57 Å². The van der Waals surface area contributed by atoms with Crippen LogP contribution in [-0.4, -0.2) is 10.3 Å². The van der Waals surface area contributed by atoms with Crippen molar-refractivity contribution in [2.75, 3.05) is 0 Å². The lowest BCUT2D eigenvalue weighted by Gasteiger charge is -2.24. The second-order valence-electron chi connectivity index (χ2n) is 22.5. The molecule has 1 N–H and O–H groups in total. The van der Waals surface area contributed by atoms with Crippen LogP contribution in [0.1, 0.15) is 84.2 Å². The average Bonchev–Trinajstić information content (AvgIpc) is 4.13. The normalized spacial score (nSPS) is 16.4. The van der Waals surface area contributed by atoms with Gasteiger partial charge in [0.2, 0.25) is 0 Å². The van der Waals surface area contributed by atoms with Crippen LogP contribution < -0.4 is 0 Å². The zero-order valence-corrected chi connectivity index (χ0v) is 44.1. The fraction of sp³-hybridized carbons (Fsp3) is 0.107. The Hall–Kier alpha value is -9.11. The molecule has 0 radical (unpaired) electrons. The minimum absolute atomic E-state index is 0.0471. The predicted octanol–water partition coefficient (Wildman–Crippen LogP) is 19.3. The predicted molar refractivity (Wildman–Crippen MR) is 326 cm³/mol. The highest BCUT2D eigenvalue weighted by molar-refractivity contribution is 6.25. The van der Waals surface area contributed by atoms with E-state index in [0.29, 0.717) is 11.6 Å². The van der Waals surface area contributed by atoms with E-state index in [0.717, 1.165) is 39.8 Å². The van der Waals surface area contributed by atoms with Gasteiger partial charge in [-0.2, -0.15) is 0 Å². The molecule has 0 fully saturated rings. The van der Waals surface area contributed by atoms with Crippen molar-refractivity contribution in [1.82, 2.24) is 4.57 Å². The Kier molecular flexibility index (Phi) is 10.5. The van der Waals surface area contributed by atoms with Crippen LogP contribution in [0.4, 0.5) is 0 Å². The van der Waals surface area contributed by atoms with E-state index >= 15 is 0 Å². The van der Waals surface area contributed by atoms with Gasteiger partial charge in [-0.1, -0.05) is 223 Å². The topological polar surface area (TPSA) is 28.8 Å². The van der Waals surface area contributed by atoms with Crippen molar-refractivity contribution in [3.8, 4) is 50.2 Å². The van der Waals surface area contributed by atoms with Crippen LogP contribution in [0.25, 0.3) is 88.7 Å². The van der Waals surface area contributed by atoms with Gasteiger partial charge in [-0.3, -0.25) is 5.41 Å². The van der Waals surface area contributed by atoms with Crippen molar-refractivity contribution in [2.45, 2.75) is 44.9 Å². The van der Waals surface area contributed by atoms with Gasteiger partial charge in [0.15, 0.2) is 0 Å². The first-order valence-corrected chi connectivity index (χ1v) is 27.1. The second-order valence-corrected chi connectivity index (χ2v) is 22.5. The van der Waals surface area contributed by atoms with E-state index in [-0.39, 0.29) is 10.8 Å². The summed E-state index contributed by atoms with van der Waals surface area (Å²) in [5.41, 5.74) is 30.5. The quantitative estimate of drug-likeness (QED) is 0.161. The highest BCUT2D eigenvalue weighted by atomic mass is 15.0. The number of nitrogens with zero attached hydrogens (tertiary/aromatic N) is 1. The third kappa shape index (κ3) is 7.19. The summed E-state index contributed by atoms with van der Waals surface area (Å²) in [6.45, 7) is 17.1. The van der Waals surface area contributed by atoms with Gasteiger partial charge in [0.25, 0.3) is 0 Å². The molecule has 77 heavy (non-hydrogen) atoms. The molecule has 1 heterocycles. The van der Waals surface area contributed by atoms with Crippen molar-refractivity contribution in [3.05, 3.63) is 299 Å². The average molecular weight is 987 g/mol. The lowest BCUT2D eigenvalue weighted by Crippen LogP contribution is -2.15. The highest BCUT2D eigenvalue weighted by Crippen LogP contribution is 2.51. The summed E-state index contributed by atoms with van der Waals surface area (Å²) in [5, 5.41) is 11.6. The molecule has 1 unspecified atom stereocenters. The van der Waals surface area contributed by atoms with Crippen LogP contribution >= 0.6 is 0 Å². The lowest BCUT2D eigenvalue weighted by atomic mass is 9.80. The number of rotatable bonds is 6. The van der Waals surface area contributed by atoms with E-state index in [1.54, 1.807) is 0 Å². The van der Waals surface area contributed by atoms with E-state index in [4.69, 9.17) is 5.41 Å². The first-order valence-electron chi connectivity index (χ1n) is 27.1. The Bertz CT molecular complexity index is 4340. The number of nitrogens with one attached hydrogen (secondary N) is 1. The molecule has 15 rings (SSSR count). The molecular weight excluding hydrogens is 929 g/mol. The van der Waals surface area contributed by atoms with Crippen LogP contribution in [0.15, 0.2) is 249 Å². The molecule has 368 valence electrons. The number of aromatic nitrogens is 1. The number of fused-ring (bicyclic) bond motifs is 13. The molecule has 10 aromatic rings. The van der Waals surface area contributed by atoms with Gasteiger partial charge in [0.1, 0.15) is 0 Å². The van der Waals surface area contributed by atoms with Crippen LogP contribution in [0.2, 0.25) is 0 Å². The largest absolute Gasteiger partial charge is 0.309 e. The second kappa shape index (κ2) is 17.5. The van der Waals surface area contributed by atoms with E-state index < -0.39 is 0 Å². The Morgan fingerprint density at radius 2 is 1.05 bits per heavy atom. The summed E-state index contributed by atoms with van der Waals surface area (Å²) in [7, 11) is 0. The Morgan fingerprint density at radius 1 is 0.506 bits per heavy atom. The molecule has 1 atom stereocenters. The van der Waals surface area contributed by atoms with E-state index in [1.165, 1.54) is 111 Å². The molecular formula is C75H58N2. The molecule has 0 spiro atoms. The molecule has 5 aliphatic rings. The SMILES string of the molecule is C=CC(=C)c1ccc2c(c1)C(C)(C)c1ccccc1-2.CC1(C)c2ccccc2-c2ccc(-c3ccc4c(c3)c3cc(C5=CC6CC=C(c7cccc8c7C(=N)c7ccccc7-8)C=C6C=C5)ccc3n4-c3ccccc3)cc21. The highest BCUT2D eigenvalue weighted by Gasteiger charge is 2.37. The van der Waals surface area contributed by atoms with Gasteiger partial charge in [-0.25, -0.2) is 0 Å². The summed E-state index contributed by atoms with van der Waals surface area (Å²) in [5.74, 6) is 0.306. The van der Waals surface area contributed by atoms with Gasteiger partial charge in [0, 0.05) is 44.3 Å². The number of benzene rings is 9. The molecule has 0 saturated heterocycles. The van der Waals surface area contributed by atoms with Crippen LogP contribution in [0.5, 0.6) is 0 Å². The van der Waals surface area contributed by atoms with Crippen molar-refractivity contribution >= 4 is 44.2 Å². The van der Waals surface area contributed by atoms with Crippen molar-refractivity contribution in [1.29, 1.82) is 5.41 Å². The minimum Gasteiger partial charge on any atom is -0.309 e. The Balaban J connectivity index is 0.000000240. The Labute approximate surface area is 452 Å². The number of para-hydroxylation sites is 1. The van der Waals surface area contributed by atoms with Crippen LogP contribution in [0.3, 0.4) is 0 Å². The molecule has 5 aliphatic carbocycles. The standard InChI is InChI=1S/C56H40N2.C19H18/c1-56(2)50-18-9-8-14-44(50)45-26-23-39(33-51(45)56)38-25-28-53-49(32-38)48-31-37(24-27-52(48)58(53)41-11-4-3-5-12-41)35-19-20-36-30-40(22-21-34(36)29-35)42-16-10-17-46-43-13-6-7-15-47(43)55(57)54(42)46;1-5-13(2)14-10-11-16-15-8-6-7-9-17(15)19(3,4)18(16)12-14/h3-20,22-34,57H,21H2,1-2H3;5-12H,1-2H2,3-4H3. The maximum atomic E-state index is 9.08. The van der Waals surface area contributed by atoms with Crippen molar-refractivity contribution < 1.29 is 0 Å². The molecule has 0 aliphatic heterocycles. The summed E-state index contributed by atoms with van der Waals surface area (Å²) in [4.78, 5) is 0. The minimum atomic E-state index is -0.0471. The fourth-order valence-electron chi connectivity index (χ4n) is 13.4. The molecule has 0 bridgehead atoms. The van der Waals surface area contributed by atoms with Crippen molar-refractivity contribution in [2.24, 2.45) is 5.92 Å². The monoisotopic (exact) mass is 986 g/mol. The van der Waals surface area contributed by atoms with Crippen LogP contribution in [0, 0.1) is 11.3 Å².